The number of nitrogens with zero attached hydrogens (tertiary/aromatic N) is 3. The zero-order valence-electron chi connectivity index (χ0n) is 19.7. The summed E-state index contributed by atoms with van der Waals surface area (Å²) in [5.74, 6) is 2.79. The van der Waals surface area contributed by atoms with Crippen LogP contribution in [0.5, 0.6) is 5.75 Å². The number of benzene rings is 1. The highest BCUT2D eigenvalue weighted by Crippen LogP contribution is 2.24. The first-order valence-corrected chi connectivity index (χ1v) is 10.9. The molecule has 0 bridgehead atoms. The van der Waals surface area contributed by atoms with Crippen molar-refractivity contribution in [3.05, 3.63) is 46.8 Å². The highest BCUT2D eigenvalue weighted by Gasteiger charge is 2.23. The molecule has 1 aliphatic heterocycles. The number of nitrogens with one attached hydrogen (secondary N) is 2. The van der Waals surface area contributed by atoms with Crippen LogP contribution in [0.2, 0.25) is 0 Å². The van der Waals surface area contributed by atoms with Crippen molar-refractivity contribution < 1.29 is 14.0 Å². The van der Waals surface area contributed by atoms with Crippen molar-refractivity contribution in [2.45, 2.75) is 32.7 Å². The summed E-state index contributed by atoms with van der Waals surface area (Å²) < 4.78 is 16.2. The zero-order chi connectivity index (χ0) is 22.2. The smallest absolute Gasteiger partial charge is 0.191 e. The third-order valence-corrected chi connectivity index (χ3v) is 5.83. The van der Waals surface area contributed by atoms with Gasteiger partial charge in [-0.1, -0.05) is 24.2 Å². The molecule has 1 saturated heterocycles. The maximum absolute atomic E-state index is 5.56. The van der Waals surface area contributed by atoms with Crippen molar-refractivity contribution in [3.63, 3.8) is 0 Å². The van der Waals surface area contributed by atoms with Gasteiger partial charge in [0, 0.05) is 44.7 Å². The van der Waals surface area contributed by atoms with Gasteiger partial charge in [0.25, 0.3) is 0 Å². The third-order valence-electron chi connectivity index (χ3n) is 5.83. The molecule has 1 aromatic carbocycles. The standard InChI is InChI=1S/C23H35N5O3.HI/c1-16(22-17(2)27-31-18(22)3)14-25-23(24-4)26-15-21(28-10-12-30-13-11-28)19-6-8-20(29-5)9-7-19;/h6-9,16,21H,10-15H2,1-5H3,(H2,24,25,26);1H. The van der Waals surface area contributed by atoms with Gasteiger partial charge in [0.15, 0.2) is 5.96 Å². The van der Waals surface area contributed by atoms with E-state index in [1.54, 1.807) is 14.2 Å². The molecule has 2 unspecified atom stereocenters. The van der Waals surface area contributed by atoms with Crippen molar-refractivity contribution >= 4 is 29.9 Å². The minimum Gasteiger partial charge on any atom is -0.497 e. The first kappa shape index (κ1) is 26.4. The molecule has 2 atom stereocenters. The molecule has 0 amide bonds. The minimum atomic E-state index is 0. The molecule has 0 radical (unpaired) electrons. The second kappa shape index (κ2) is 13.0. The van der Waals surface area contributed by atoms with Crippen LogP contribution < -0.4 is 15.4 Å². The Morgan fingerprint density at radius 3 is 2.38 bits per heavy atom. The molecule has 0 spiro atoms. The average Bonchev–Trinajstić information content (AvgIpc) is 3.14. The van der Waals surface area contributed by atoms with Gasteiger partial charge in [-0.25, -0.2) is 0 Å². The lowest BCUT2D eigenvalue weighted by Crippen LogP contribution is -2.46. The molecular formula is C23H36IN5O3. The second-order valence-corrected chi connectivity index (χ2v) is 7.91. The molecule has 1 aliphatic rings. The van der Waals surface area contributed by atoms with Gasteiger partial charge in [-0.15, -0.1) is 24.0 Å². The quantitative estimate of drug-likeness (QED) is 0.293. The van der Waals surface area contributed by atoms with Crippen LogP contribution in [-0.2, 0) is 4.74 Å². The molecule has 0 saturated carbocycles. The lowest BCUT2D eigenvalue weighted by atomic mass is 10.00. The molecule has 32 heavy (non-hydrogen) atoms. The number of methoxy groups -OCH3 is 1. The molecule has 3 rings (SSSR count). The summed E-state index contributed by atoms with van der Waals surface area (Å²) in [7, 11) is 3.49. The Labute approximate surface area is 208 Å². The Bertz CT molecular complexity index is 830. The summed E-state index contributed by atoms with van der Waals surface area (Å²) in [6.07, 6.45) is 0. The van der Waals surface area contributed by atoms with Crippen molar-refractivity contribution in [2.75, 3.05) is 53.6 Å². The van der Waals surface area contributed by atoms with Gasteiger partial charge in [-0.2, -0.15) is 0 Å². The van der Waals surface area contributed by atoms with Gasteiger partial charge in [0.05, 0.1) is 32.1 Å². The van der Waals surface area contributed by atoms with Crippen molar-refractivity contribution in [1.82, 2.24) is 20.7 Å². The van der Waals surface area contributed by atoms with Crippen molar-refractivity contribution in [2.24, 2.45) is 4.99 Å². The number of aryl methyl sites for hydroxylation is 2. The van der Waals surface area contributed by atoms with Gasteiger partial charge in [-0.3, -0.25) is 9.89 Å². The molecule has 0 aliphatic carbocycles. The van der Waals surface area contributed by atoms with Crippen molar-refractivity contribution in [1.29, 1.82) is 0 Å². The SMILES string of the molecule is CN=C(NCC(C)c1c(C)noc1C)NCC(c1ccc(OC)cc1)N1CCOCC1.I. The number of aromatic nitrogens is 1. The van der Waals surface area contributed by atoms with E-state index in [0.29, 0.717) is 0 Å². The zero-order valence-corrected chi connectivity index (χ0v) is 22.0. The molecule has 2 N–H and O–H groups in total. The summed E-state index contributed by atoms with van der Waals surface area (Å²) in [6.45, 7) is 10.9. The summed E-state index contributed by atoms with van der Waals surface area (Å²) >= 11 is 0. The van der Waals surface area contributed by atoms with Gasteiger partial charge in [0.1, 0.15) is 11.5 Å². The second-order valence-electron chi connectivity index (χ2n) is 7.91. The largest absolute Gasteiger partial charge is 0.497 e. The monoisotopic (exact) mass is 557 g/mol. The molecule has 2 heterocycles. The Morgan fingerprint density at radius 2 is 1.81 bits per heavy atom. The predicted octanol–water partition coefficient (Wildman–Crippen LogP) is 3.26. The van der Waals surface area contributed by atoms with E-state index in [9.17, 15) is 0 Å². The molecule has 8 nitrogen and oxygen atoms in total. The number of morpholine rings is 1. The number of halogens is 1. The summed E-state index contributed by atoms with van der Waals surface area (Å²) in [5, 5.41) is 11.0. The number of guanidine groups is 1. The van der Waals surface area contributed by atoms with E-state index in [1.807, 2.05) is 26.0 Å². The van der Waals surface area contributed by atoms with Gasteiger partial charge >= 0.3 is 0 Å². The van der Waals surface area contributed by atoms with E-state index in [4.69, 9.17) is 14.0 Å². The van der Waals surface area contributed by atoms with E-state index in [2.05, 4.69) is 44.7 Å². The van der Waals surface area contributed by atoms with Crippen LogP contribution in [-0.4, -0.2) is 69.6 Å². The van der Waals surface area contributed by atoms with Crippen LogP contribution in [0.4, 0.5) is 0 Å². The summed E-state index contributed by atoms with van der Waals surface area (Å²) in [6, 6.07) is 8.52. The lowest BCUT2D eigenvalue weighted by molar-refractivity contribution is 0.0170. The van der Waals surface area contributed by atoms with Crippen LogP contribution in [0.15, 0.2) is 33.8 Å². The predicted molar refractivity (Wildman–Crippen MR) is 137 cm³/mol. The van der Waals surface area contributed by atoms with Crippen LogP contribution in [0.25, 0.3) is 0 Å². The van der Waals surface area contributed by atoms with Crippen LogP contribution in [0, 0.1) is 13.8 Å². The van der Waals surface area contributed by atoms with E-state index >= 15 is 0 Å². The maximum Gasteiger partial charge on any atom is 0.191 e. The Kier molecular flexibility index (Phi) is 10.7. The first-order valence-electron chi connectivity index (χ1n) is 10.9. The average molecular weight is 557 g/mol. The van der Waals surface area contributed by atoms with Crippen molar-refractivity contribution in [3.8, 4) is 5.75 Å². The highest BCUT2D eigenvalue weighted by atomic mass is 127. The van der Waals surface area contributed by atoms with Gasteiger partial charge < -0.3 is 24.6 Å². The Morgan fingerprint density at radius 1 is 1.16 bits per heavy atom. The molecular weight excluding hydrogens is 521 g/mol. The number of hydrogen-bond donors (Lipinski definition) is 2. The first-order chi connectivity index (χ1) is 15.0. The van der Waals surface area contributed by atoms with Gasteiger partial charge in [0.2, 0.25) is 0 Å². The van der Waals surface area contributed by atoms with Crippen LogP contribution in [0.1, 0.15) is 41.5 Å². The molecule has 178 valence electrons. The number of rotatable bonds is 8. The van der Waals surface area contributed by atoms with Gasteiger partial charge in [-0.05, 0) is 31.5 Å². The van der Waals surface area contributed by atoms with Crippen LogP contribution in [0.3, 0.4) is 0 Å². The molecule has 9 heteroatoms. The summed E-state index contributed by atoms with van der Waals surface area (Å²) in [4.78, 5) is 6.87. The Balaban J connectivity index is 0.00000363. The number of aliphatic imine (C=N–C) groups is 1. The molecule has 2 aromatic rings. The number of ether oxygens (including phenoxy) is 2. The molecule has 1 aromatic heterocycles. The maximum atomic E-state index is 5.56. The van der Waals surface area contributed by atoms with E-state index < -0.39 is 0 Å². The fourth-order valence-electron chi connectivity index (χ4n) is 4.13. The minimum absolute atomic E-state index is 0. The van der Waals surface area contributed by atoms with E-state index in [1.165, 1.54) is 5.56 Å². The fraction of sp³-hybridized carbons (Fsp3) is 0.565. The van der Waals surface area contributed by atoms with E-state index in [-0.39, 0.29) is 35.9 Å². The summed E-state index contributed by atoms with van der Waals surface area (Å²) in [5.41, 5.74) is 3.35. The molecule has 1 fully saturated rings. The lowest BCUT2D eigenvalue weighted by Gasteiger charge is -2.35. The Hall–Kier alpha value is -1.85. The van der Waals surface area contributed by atoms with Crippen LogP contribution >= 0.6 is 24.0 Å². The normalized spacial score (nSPS) is 16.7. The topological polar surface area (TPSA) is 84.2 Å². The number of hydrogen-bond acceptors (Lipinski definition) is 6. The fourth-order valence-corrected chi connectivity index (χ4v) is 4.13. The van der Waals surface area contributed by atoms with E-state index in [0.717, 1.165) is 68.1 Å². The third kappa shape index (κ3) is 6.82. The highest BCUT2D eigenvalue weighted by molar-refractivity contribution is 14.0.